The van der Waals surface area contributed by atoms with Gasteiger partial charge in [0.15, 0.2) is 0 Å². The Morgan fingerprint density at radius 2 is 1.27 bits per heavy atom. The van der Waals surface area contributed by atoms with Gasteiger partial charge in [-0.1, -0.05) is 105 Å². The van der Waals surface area contributed by atoms with Crippen LogP contribution in [-0.2, 0) is 25.8 Å². The van der Waals surface area contributed by atoms with E-state index in [1.807, 2.05) is 42.5 Å². The van der Waals surface area contributed by atoms with Crippen molar-refractivity contribution in [2.75, 3.05) is 0 Å². The zero-order valence-electron chi connectivity index (χ0n) is 19.6. The minimum Gasteiger partial charge on any atom is -0.326 e. The minimum atomic E-state index is -0.158. The van der Waals surface area contributed by atoms with Crippen LogP contribution in [0.5, 0.6) is 0 Å². The van der Waals surface area contributed by atoms with Crippen LogP contribution in [0.25, 0.3) is 21.9 Å². The number of nitrogens with two attached hydrogens (primary N) is 1. The maximum absolute atomic E-state index is 15.3. The summed E-state index contributed by atoms with van der Waals surface area (Å²) in [5, 5.41) is 1.63. The molecule has 0 fully saturated rings. The van der Waals surface area contributed by atoms with Crippen LogP contribution in [0.1, 0.15) is 54.9 Å². The van der Waals surface area contributed by atoms with E-state index in [9.17, 15) is 0 Å². The zero-order chi connectivity index (χ0) is 23.0. The van der Waals surface area contributed by atoms with Crippen molar-refractivity contribution in [3.05, 3.63) is 107 Å². The molecule has 33 heavy (non-hydrogen) atoms. The van der Waals surface area contributed by atoms with Gasteiger partial charge in [0.2, 0.25) is 0 Å². The van der Waals surface area contributed by atoms with Crippen molar-refractivity contribution in [2.24, 2.45) is 5.73 Å². The van der Waals surface area contributed by atoms with Crippen molar-refractivity contribution in [3.63, 3.8) is 0 Å². The van der Waals surface area contributed by atoms with E-state index in [0.717, 1.165) is 29.4 Å². The maximum Gasteiger partial charge on any atom is 0.138 e. The Morgan fingerprint density at radius 3 is 1.97 bits per heavy atom. The Morgan fingerprint density at radius 1 is 0.636 bits per heavy atom. The van der Waals surface area contributed by atoms with Crippen LogP contribution < -0.4 is 5.73 Å². The molecule has 0 aliphatic heterocycles. The molecule has 2 N–H and O–H groups in total. The average molecular weight is 440 g/mol. The third kappa shape index (κ3) is 5.89. The number of rotatable bonds is 10. The zero-order valence-corrected chi connectivity index (χ0v) is 19.6. The highest BCUT2D eigenvalue weighted by Gasteiger charge is 2.10. The fraction of sp³-hybridized carbons (Fsp3) is 0.290. The van der Waals surface area contributed by atoms with Gasteiger partial charge in [-0.2, -0.15) is 0 Å². The second kappa shape index (κ2) is 11.2. The second-order valence-corrected chi connectivity index (χ2v) is 9.01. The van der Waals surface area contributed by atoms with Gasteiger partial charge in [0.1, 0.15) is 5.82 Å². The van der Waals surface area contributed by atoms with Crippen LogP contribution in [0.2, 0.25) is 0 Å². The molecule has 4 aromatic carbocycles. The first-order valence-corrected chi connectivity index (χ1v) is 12.3. The quantitative estimate of drug-likeness (QED) is 0.249. The molecule has 0 atom stereocenters. The van der Waals surface area contributed by atoms with Crippen LogP contribution in [-0.4, -0.2) is 0 Å². The van der Waals surface area contributed by atoms with Gasteiger partial charge in [-0.15, -0.1) is 0 Å². The van der Waals surface area contributed by atoms with Crippen LogP contribution >= 0.6 is 0 Å². The van der Waals surface area contributed by atoms with Crippen molar-refractivity contribution < 1.29 is 4.39 Å². The summed E-state index contributed by atoms with van der Waals surface area (Å²) < 4.78 is 15.3. The van der Waals surface area contributed by atoms with Crippen LogP contribution in [0, 0.1) is 5.82 Å². The Bertz CT molecular complexity index is 1180. The van der Waals surface area contributed by atoms with E-state index in [-0.39, 0.29) is 5.82 Å². The van der Waals surface area contributed by atoms with Crippen molar-refractivity contribution in [1.82, 2.24) is 0 Å². The fourth-order valence-electron chi connectivity index (χ4n) is 4.46. The molecule has 0 radical (unpaired) electrons. The third-order valence-electron chi connectivity index (χ3n) is 6.56. The number of hydrogen-bond donors (Lipinski definition) is 1. The molecule has 1 nitrogen and oxygen atoms in total. The van der Waals surface area contributed by atoms with Crippen molar-refractivity contribution in [2.45, 2.75) is 58.4 Å². The molecular formula is C31H34FN. The summed E-state index contributed by atoms with van der Waals surface area (Å²) in [7, 11) is 0. The molecular weight excluding hydrogens is 405 g/mol. The highest BCUT2D eigenvalue weighted by atomic mass is 19.1. The largest absolute Gasteiger partial charge is 0.326 e. The Balaban J connectivity index is 1.42. The van der Waals surface area contributed by atoms with E-state index in [1.54, 1.807) is 0 Å². The molecule has 0 amide bonds. The molecule has 0 saturated carbocycles. The molecule has 0 saturated heterocycles. The molecule has 0 aliphatic rings. The molecule has 0 aromatic heterocycles. The smallest absolute Gasteiger partial charge is 0.138 e. The number of aryl methyl sites for hydroxylation is 3. The van der Waals surface area contributed by atoms with E-state index in [1.165, 1.54) is 48.8 Å². The lowest BCUT2D eigenvalue weighted by atomic mass is 9.96. The van der Waals surface area contributed by atoms with Gasteiger partial charge in [0, 0.05) is 17.5 Å². The number of fused-ring (bicyclic) bond motifs is 1. The Kier molecular flexibility index (Phi) is 7.91. The number of halogens is 1. The Hall–Kier alpha value is -2.97. The molecule has 0 spiro atoms. The first-order chi connectivity index (χ1) is 16.2. The van der Waals surface area contributed by atoms with Crippen molar-refractivity contribution >= 4 is 10.8 Å². The molecule has 2 heteroatoms. The van der Waals surface area contributed by atoms with Gasteiger partial charge in [-0.05, 0) is 58.9 Å². The van der Waals surface area contributed by atoms with E-state index in [4.69, 9.17) is 5.73 Å². The van der Waals surface area contributed by atoms with Crippen LogP contribution in [0.4, 0.5) is 4.39 Å². The summed E-state index contributed by atoms with van der Waals surface area (Å²) in [4.78, 5) is 0. The monoisotopic (exact) mass is 439 g/mol. The standard InChI is InChI=1S/C31H34FN/c1-2-3-4-5-6-23-7-9-24(10-8-23)11-12-25-15-19-30-28(21-25)18-20-29(31(30)32)27-16-13-26(22-33)14-17-27/h7-10,13-21H,2-6,11-12,22,33H2,1H3. The summed E-state index contributed by atoms with van der Waals surface area (Å²) in [6, 6.07) is 26.9. The number of unbranched alkanes of at least 4 members (excludes halogenated alkanes) is 3. The van der Waals surface area contributed by atoms with Gasteiger partial charge in [0.05, 0.1) is 0 Å². The average Bonchev–Trinajstić information content (AvgIpc) is 2.86. The summed E-state index contributed by atoms with van der Waals surface area (Å²) in [6.07, 6.45) is 8.34. The summed E-state index contributed by atoms with van der Waals surface area (Å²) in [5.74, 6) is -0.158. The van der Waals surface area contributed by atoms with Gasteiger partial charge >= 0.3 is 0 Å². The van der Waals surface area contributed by atoms with Crippen LogP contribution in [0.3, 0.4) is 0 Å². The SMILES string of the molecule is CCCCCCc1ccc(CCc2ccc3c(F)c(-c4ccc(CN)cc4)ccc3c2)cc1. The lowest BCUT2D eigenvalue weighted by Crippen LogP contribution is -1.96. The molecule has 0 aliphatic carbocycles. The van der Waals surface area contributed by atoms with E-state index < -0.39 is 0 Å². The molecule has 0 bridgehead atoms. The van der Waals surface area contributed by atoms with Crippen molar-refractivity contribution in [1.29, 1.82) is 0 Å². The van der Waals surface area contributed by atoms with Crippen LogP contribution in [0.15, 0.2) is 78.9 Å². The maximum atomic E-state index is 15.3. The summed E-state index contributed by atoms with van der Waals surface area (Å²) in [6.45, 7) is 2.74. The minimum absolute atomic E-state index is 0.158. The topological polar surface area (TPSA) is 26.0 Å². The number of hydrogen-bond acceptors (Lipinski definition) is 1. The molecule has 4 aromatic rings. The fourth-order valence-corrected chi connectivity index (χ4v) is 4.46. The highest BCUT2D eigenvalue weighted by Crippen LogP contribution is 2.30. The molecule has 0 unspecified atom stereocenters. The first kappa shape index (κ1) is 23.2. The van der Waals surface area contributed by atoms with Gasteiger partial charge < -0.3 is 5.73 Å². The molecule has 0 heterocycles. The molecule has 170 valence electrons. The van der Waals surface area contributed by atoms with E-state index >= 15 is 4.39 Å². The van der Waals surface area contributed by atoms with E-state index in [0.29, 0.717) is 17.5 Å². The Labute approximate surface area is 197 Å². The summed E-state index contributed by atoms with van der Waals surface area (Å²) in [5.41, 5.74) is 12.3. The molecule has 4 rings (SSSR count). The van der Waals surface area contributed by atoms with Crippen molar-refractivity contribution in [3.8, 4) is 11.1 Å². The first-order valence-electron chi connectivity index (χ1n) is 12.3. The van der Waals surface area contributed by atoms with Gasteiger partial charge in [0.25, 0.3) is 0 Å². The lowest BCUT2D eigenvalue weighted by Gasteiger charge is -2.10. The predicted molar refractivity (Wildman–Crippen MR) is 139 cm³/mol. The third-order valence-corrected chi connectivity index (χ3v) is 6.56. The highest BCUT2D eigenvalue weighted by molar-refractivity contribution is 5.88. The second-order valence-electron chi connectivity index (χ2n) is 9.01. The van der Waals surface area contributed by atoms with E-state index in [2.05, 4.69) is 43.3 Å². The number of benzene rings is 4. The predicted octanol–water partition coefficient (Wildman–Crippen LogP) is 8.01. The van der Waals surface area contributed by atoms with Gasteiger partial charge in [-0.3, -0.25) is 0 Å². The van der Waals surface area contributed by atoms with Gasteiger partial charge in [-0.25, -0.2) is 4.39 Å². The lowest BCUT2D eigenvalue weighted by molar-refractivity contribution is 0.643. The summed E-state index contributed by atoms with van der Waals surface area (Å²) >= 11 is 0. The normalized spacial score (nSPS) is 11.2.